The van der Waals surface area contributed by atoms with Gasteiger partial charge in [0, 0.05) is 17.1 Å². The summed E-state index contributed by atoms with van der Waals surface area (Å²) in [5.41, 5.74) is 2.31. The highest BCUT2D eigenvalue weighted by molar-refractivity contribution is 7.09. The lowest BCUT2D eigenvalue weighted by Gasteiger charge is -2.17. The molecule has 1 aromatic heterocycles. The Balaban J connectivity index is 1.92. The Hall–Kier alpha value is -1.39. The third-order valence-electron chi connectivity index (χ3n) is 3.29. The Kier molecular flexibility index (Phi) is 3.53. The van der Waals surface area contributed by atoms with Crippen LogP contribution >= 0.6 is 11.3 Å². The Morgan fingerprint density at radius 2 is 2.26 bits per heavy atom. The monoisotopic (exact) mass is 274 g/mol. The molecule has 1 fully saturated rings. The van der Waals surface area contributed by atoms with Crippen molar-refractivity contribution in [3.05, 3.63) is 45.9 Å². The fraction of sp³-hybridized carbons (Fsp3) is 0.400. The highest BCUT2D eigenvalue weighted by atomic mass is 32.1. The van der Waals surface area contributed by atoms with Crippen LogP contribution in [0, 0.1) is 6.92 Å². The van der Waals surface area contributed by atoms with Gasteiger partial charge in [-0.3, -0.25) is 0 Å². The average Bonchev–Trinajstić information content (AvgIpc) is 3.16. The van der Waals surface area contributed by atoms with Crippen LogP contribution in [0.4, 0.5) is 0 Å². The van der Waals surface area contributed by atoms with Crippen LogP contribution in [-0.4, -0.2) is 18.1 Å². The summed E-state index contributed by atoms with van der Waals surface area (Å²) in [7, 11) is 1.70. The number of nitrogens with zero attached hydrogens (tertiary/aromatic N) is 1. The normalized spacial score (nSPS) is 16.3. The summed E-state index contributed by atoms with van der Waals surface area (Å²) in [4.78, 5) is 4.64. The summed E-state index contributed by atoms with van der Waals surface area (Å²) in [6.07, 6.45) is 2.54. The van der Waals surface area contributed by atoms with Crippen molar-refractivity contribution in [1.29, 1.82) is 0 Å². The topological polar surface area (TPSA) is 34.1 Å². The molecule has 1 aliphatic carbocycles. The molecular formula is C15H18N2OS. The molecule has 1 aromatic carbocycles. The van der Waals surface area contributed by atoms with Crippen molar-refractivity contribution in [2.24, 2.45) is 0 Å². The molecule has 1 atom stereocenters. The smallest absolute Gasteiger partial charge is 0.119 e. The molecule has 1 unspecified atom stereocenters. The van der Waals surface area contributed by atoms with E-state index in [9.17, 15) is 0 Å². The van der Waals surface area contributed by atoms with Gasteiger partial charge in [0.05, 0.1) is 13.2 Å². The fourth-order valence-electron chi connectivity index (χ4n) is 2.12. The van der Waals surface area contributed by atoms with Crippen molar-refractivity contribution >= 4 is 11.3 Å². The van der Waals surface area contributed by atoms with E-state index in [1.807, 2.05) is 19.1 Å². The van der Waals surface area contributed by atoms with Gasteiger partial charge in [0.2, 0.25) is 0 Å². The number of nitrogens with one attached hydrogen (secondary N) is 1. The minimum atomic E-state index is 0.182. The minimum absolute atomic E-state index is 0.182. The van der Waals surface area contributed by atoms with Crippen molar-refractivity contribution in [2.45, 2.75) is 31.8 Å². The number of hydrogen-bond acceptors (Lipinski definition) is 4. The van der Waals surface area contributed by atoms with E-state index in [4.69, 9.17) is 4.74 Å². The highest BCUT2D eigenvalue weighted by Crippen LogP contribution is 2.31. The van der Waals surface area contributed by atoms with Crippen LogP contribution in [0.2, 0.25) is 0 Å². The van der Waals surface area contributed by atoms with E-state index in [2.05, 4.69) is 27.8 Å². The van der Waals surface area contributed by atoms with Gasteiger partial charge in [-0.05, 0) is 37.5 Å². The number of aryl methyl sites for hydroxylation is 1. The predicted molar refractivity (Wildman–Crippen MR) is 77.8 cm³/mol. The summed E-state index contributed by atoms with van der Waals surface area (Å²) < 4.78 is 5.32. The lowest BCUT2D eigenvalue weighted by molar-refractivity contribution is 0.413. The van der Waals surface area contributed by atoms with Gasteiger partial charge in [0.1, 0.15) is 10.8 Å². The average molecular weight is 274 g/mol. The number of thiazole rings is 1. The molecular weight excluding hydrogens is 256 g/mol. The first-order valence-electron chi connectivity index (χ1n) is 6.58. The van der Waals surface area contributed by atoms with Crippen LogP contribution in [0.3, 0.4) is 0 Å². The third-order valence-corrected chi connectivity index (χ3v) is 4.32. The molecule has 19 heavy (non-hydrogen) atoms. The molecule has 1 N–H and O–H groups in total. The van der Waals surface area contributed by atoms with Gasteiger partial charge in [-0.1, -0.05) is 12.1 Å². The van der Waals surface area contributed by atoms with Gasteiger partial charge in [-0.2, -0.15) is 0 Å². The molecule has 1 heterocycles. The third kappa shape index (κ3) is 2.96. The summed E-state index contributed by atoms with van der Waals surface area (Å²) >= 11 is 1.72. The first-order chi connectivity index (χ1) is 9.26. The summed E-state index contributed by atoms with van der Waals surface area (Å²) in [6, 6.07) is 9.07. The number of methoxy groups -OCH3 is 1. The summed E-state index contributed by atoms with van der Waals surface area (Å²) in [5, 5.41) is 6.93. The largest absolute Gasteiger partial charge is 0.497 e. The second kappa shape index (κ2) is 5.31. The fourth-order valence-corrected chi connectivity index (χ4v) is 3.00. The van der Waals surface area contributed by atoms with Crippen LogP contribution in [0.5, 0.6) is 5.75 Å². The van der Waals surface area contributed by atoms with Crippen molar-refractivity contribution < 1.29 is 4.74 Å². The minimum Gasteiger partial charge on any atom is -0.497 e. The molecule has 0 radical (unpaired) electrons. The zero-order valence-corrected chi connectivity index (χ0v) is 12.0. The van der Waals surface area contributed by atoms with Crippen LogP contribution < -0.4 is 10.1 Å². The molecule has 2 aromatic rings. The lowest BCUT2D eigenvalue weighted by Crippen LogP contribution is -2.24. The van der Waals surface area contributed by atoms with Crippen molar-refractivity contribution in [2.75, 3.05) is 7.11 Å². The van der Waals surface area contributed by atoms with Crippen molar-refractivity contribution in [3.8, 4) is 5.75 Å². The lowest BCUT2D eigenvalue weighted by atomic mass is 10.1. The second-order valence-corrected chi connectivity index (χ2v) is 5.87. The van der Waals surface area contributed by atoms with E-state index in [-0.39, 0.29) is 6.04 Å². The number of rotatable bonds is 5. The quantitative estimate of drug-likeness (QED) is 0.908. The number of ether oxygens (including phenoxy) is 1. The Morgan fingerprint density at radius 3 is 2.89 bits per heavy atom. The molecule has 3 rings (SSSR count). The molecule has 0 saturated heterocycles. The van der Waals surface area contributed by atoms with Crippen molar-refractivity contribution in [1.82, 2.24) is 10.3 Å². The summed E-state index contributed by atoms with van der Waals surface area (Å²) in [6.45, 7) is 2.04. The Morgan fingerprint density at radius 1 is 1.42 bits per heavy atom. The van der Waals surface area contributed by atoms with Crippen LogP contribution in [0.25, 0.3) is 0 Å². The predicted octanol–water partition coefficient (Wildman–Crippen LogP) is 3.30. The number of hydrogen-bond donors (Lipinski definition) is 1. The first kappa shape index (κ1) is 12.6. The van der Waals surface area contributed by atoms with Crippen LogP contribution in [0.15, 0.2) is 29.6 Å². The van der Waals surface area contributed by atoms with Gasteiger partial charge in [0.15, 0.2) is 0 Å². The zero-order chi connectivity index (χ0) is 13.2. The van der Waals surface area contributed by atoms with E-state index >= 15 is 0 Å². The molecule has 0 aliphatic heterocycles. The summed E-state index contributed by atoms with van der Waals surface area (Å²) in [5.74, 6) is 0.897. The first-order valence-corrected chi connectivity index (χ1v) is 7.46. The Labute approximate surface area is 117 Å². The van der Waals surface area contributed by atoms with E-state index in [0.717, 1.165) is 16.5 Å². The molecule has 100 valence electrons. The molecule has 1 saturated carbocycles. The molecule has 0 bridgehead atoms. The van der Waals surface area contributed by atoms with Gasteiger partial charge in [-0.25, -0.2) is 4.98 Å². The maximum Gasteiger partial charge on any atom is 0.119 e. The zero-order valence-electron chi connectivity index (χ0n) is 11.2. The van der Waals surface area contributed by atoms with Crippen LogP contribution in [-0.2, 0) is 0 Å². The maximum atomic E-state index is 5.32. The van der Waals surface area contributed by atoms with E-state index in [1.165, 1.54) is 18.4 Å². The van der Waals surface area contributed by atoms with E-state index < -0.39 is 0 Å². The standard InChI is InChI=1S/C15H18N2OS/c1-10-9-19-15(16-10)14(17-12-6-7-12)11-4-3-5-13(8-11)18-2/h3-5,8-9,12,14,17H,6-7H2,1-2H3. The molecule has 1 aliphatic rings. The SMILES string of the molecule is COc1cccc(C(NC2CC2)c2nc(C)cs2)c1. The molecule has 3 nitrogen and oxygen atoms in total. The van der Waals surface area contributed by atoms with E-state index in [0.29, 0.717) is 6.04 Å². The second-order valence-electron chi connectivity index (χ2n) is 4.98. The van der Waals surface area contributed by atoms with Crippen molar-refractivity contribution in [3.63, 3.8) is 0 Å². The molecule has 4 heteroatoms. The van der Waals surface area contributed by atoms with Crippen LogP contribution in [0.1, 0.15) is 35.1 Å². The van der Waals surface area contributed by atoms with Gasteiger partial charge in [-0.15, -0.1) is 11.3 Å². The van der Waals surface area contributed by atoms with E-state index in [1.54, 1.807) is 18.4 Å². The van der Waals surface area contributed by atoms with Gasteiger partial charge < -0.3 is 10.1 Å². The number of aromatic nitrogens is 1. The maximum absolute atomic E-state index is 5.32. The highest BCUT2D eigenvalue weighted by Gasteiger charge is 2.27. The van der Waals surface area contributed by atoms with Gasteiger partial charge in [0.25, 0.3) is 0 Å². The molecule has 0 spiro atoms. The number of benzene rings is 1. The Bertz CT molecular complexity index is 563. The van der Waals surface area contributed by atoms with Gasteiger partial charge >= 0.3 is 0 Å². The molecule has 0 amide bonds.